The molecule has 0 radical (unpaired) electrons. The summed E-state index contributed by atoms with van der Waals surface area (Å²) in [6.45, 7) is 10.6. The highest BCUT2D eigenvalue weighted by Gasteiger charge is 2.29. The zero-order chi connectivity index (χ0) is 36.0. The second-order valence-electron chi connectivity index (χ2n) is 14.1. The van der Waals surface area contributed by atoms with E-state index in [2.05, 4.69) is 44.2 Å². The molecular weight excluding hydrogens is 646 g/mol. The molecule has 51 heavy (non-hydrogen) atoms. The first-order valence-electron chi connectivity index (χ1n) is 17.3. The van der Waals surface area contributed by atoms with Crippen LogP contribution in [0.1, 0.15) is 62.2 Å². The molecule has 0 aliphatic carbocycles. The van der Waals surface area contributed by atoms with Gasteiger partial charge in [0.25, 0.3) is 5.91 Å². The van der Waals surface area contributed by atoms with Crippen LogP contribution in [0.4, 0.5) is 26.7 Å². The van der Waals surface area contributed by atoms with Crippen LogP contribution >= 0.6 is 0 Å². The second kappa shape index (κ2) is 15.6. The van der Waals surface area contributed by atoms with Gasteiger partial charge in [0.05, 0.1) is 28.8 Å². The maximum Gasteiger partial charge on any atom is 0.412 e. The third-order valence-corrected chi connectivity index (χ3v) is 8.68. The third-order valence-electron chi connectivity index (χ3n) is 8.68. The molecule has 6 rings (SSSR count). The van der Waals surface area contributed by atoms with Crippen molar-refractivity contribution in [2.24, 2.45) is 5.92 Å². The number of anilines is 3. The number of nitrogens with zero attached hydrogens (tertiary/aromatic N) is 3. The number of hydrogen-bond acceptors (Lipinski definition) is 9. The highest BCUT2D eigenvalue weighted by atomic mass is 16.6. The Labute approximate surface area is 298 Å². The Bertz CT molecular complexity index is 1920. The van der Waals surface area contributed by atoms with Gasteiger partial charge in [-0.3, -0.25) is 15.1 Å². The van der Waals surface area contributed by atoms with Gasteiger partial charge < -0.3 is 30.3 Å². The molecule has 0 bridgehead atoms. The summed E-state index contributed by atoms with van der Waals surface area (Å²) in [7, 11) is 0. The second-order valence-corrected chi connectivity index (χ2v) is 14.1. The first kappa shape index (κ1) is 35.3. The number of pyridine rings is 2. The Kier molecular flexibility index (Phi) is 10.8. The van der Waals surface area contributed by atoms with E-state index in [1.54, 1.807) is 18.5 Å². The van der Waals surface area contributed by atoms with Crippen LogP contribution < -0.4 is 26.2 Å². The zero-order valence-corrected chi connectivity index (χ0v) is 29.5. The van der Waals surface area contributed by atoms with E-state index in [0.717, 1.165) is 48.1 Å². The van der Waals surface area contributed by atoms with Gasteiger partial charge in [0, 0.05) is 37.3 Å². The molecule has 3 amide bonds. The summed E-state index contributed by atoms with van der Waals surface area (Å²) in [5.41, 5.74) is 4.56. The molecule has 4 heterocycles. The summed E-state index contributed by atoms with van der Waals surface area (Å²) in [6.07, 6.45) is 5.92. The summed E-state index contributed by atoms with van der Waals surface area (Å²) in [5, 5.41) is 12.9. The maximum absolute atomic E-state index is 14.2. The van der Waals surface area contributed by atoms with Gasteiger partial charge in [0.2, 0.25) is 0 Å². The molecule has 2 aromatic carbocycles. The number of rotatable bonds is 8. The van der Waals surface area contributed by atoms with Gasteiger partial charge in [-0.05, 0) is 81.0 Å². The molecule has 0 saturated carbocycles. The van der Waals surface area contributed by atoms with Crippen molar-refractivity contribution in [3.63, 3.8) is 0 Å². The standard InChI is InChI=1S/C39H45N7O5/c1-25-18-30(42-38(49)51-39(2,3)4)23-46(22-25)34-14-17-41-21-33(34)44-36(47)35-32(45-37(48)50-24-26-8-6-5-7-9-26)20-29-11-10-28(19-31(29)43-35)27-12-15-40-16-13-27/h5-12,14,17,19-21,25,30,40H,13,15-16,18,22-24H2,1-4H3,(H,42,49)(H,44,47)(H,45,48). The minimum Gasteiger partial charge on any atom is -0.444 e. The van der Waals surface area contributed by atoms with Crippen LogP contribution in [0.15, 0.2) is 79.1 Å². The average Bonchev–Trinajstić information content (AvgIpc) is 3.10. The minimum atomic E-state index is -0.710. The van der Waals surface area contributed by atoms with Gasteiger partial charge in [-0.25, -0.2) is 14.6 Å². The fourth-order valence-electron chi connectivity index (χ4n) is 6.46. The average molecular weight is 692 g/mol. The molecular formula is C39H45N7O5. The lowest BCUT2D eigenvalue weighted by Gasteiger charge is -2.39. The van der Waals surface area contributed by atoms with Gasteiger partial charge in [-0.2, -0.15) is 0 Å². The van der Waals surface area contributed by atoms with Crippen molar-refractivity contribution in [3.05, 3.63) is 96.0 Å². The van der Waals surface area contributed by atoms with E-state index in [0.29, 0.717) is 24.3 Å². The normalized spacial score (nSPS) is 17.6. The van der Waals surface area contributed by atoms with Crippen molar-refractivity contribution in [2.45, 2.75) is 58.8 Å². The highest BCUT2D eigenvalue weighted by Crippen LogP contribution is 2.32. The molecule has 2 aromatic heterocycles. The Morgan fingerprint density at radius 3 is 2.57 bits per heavy atom. The molecule has 0 spiro atoms. The summed E-state index contributed by atoms with van der Waals surface area (Å²) in [5.74, 6) is -0.274. The lowest BCUT2D eigenvalue weighted by molar-refractivity contribution is 0.0495. The van der Waals surface area contributed by atoms with Crippen LogP contribution in [-0.2, 0) is 16.1 Å². The molecule has 12 heteroatoms. The molecule has 2 unspecified atom stereocenters. The van der Waals surface area contributed by atoms with E-state index in [4.69, 9.17) is 14.5 Å². The molecule has 266 valence electrons. The molecule has 2 aliphatic heterocycles. The molecule has 4 aromatic rings. The minimum absolute atomic E-state index is 0.0295. The van der Waals surface area contributed by atoms with E-state index in [1.807, 2.05) is 75.4 Å². The van der Waals surface area contributed by atoms with Crippen LogP contribution in [0.5, 0.6) is 0 Å². The molecule has 12 nitrogen and oxygen atoms in total. The highest BCUT2D eigenvalue weighted by molar-refractivity contribution is 6.11. The first-order chi connectivity index (χ1) is 24.5. The van der Waals surface area contributed by atoms with Crippen molar-refractivity contribution in [1.82, 2.24) is 20.6 Å². The largest absolute Gasteiger partial charge is 0.444 e. The number of nitrogens with one attached hydrogen (secondary N) is 4. The van der Waals surface area contributed by atoms with Crippen LogP contribution in [0, 0.1) is 5.92 Å². The van der Waals surface area contributed by atoms with Crippen molar-refractivity contribution in [1.29, 1.82) is 0 Å². The lowest BCUT2D eigenvalue weighted by Crippen LogP contribution is -2.51. The predicted octanol–water partition coefficient (Wildman–Crippen LogP) is 6.75. The van der Waals surface area contributed by atoms with Crippen molar-refractivity contribution < 1.29 is 23.9 Å². The molecule has 1 saturated heterocycles. The fourth-order valence-corrected chi connectivity index (χ4v) is 6.46. The Morgan fingerprint density at radius 2 is 1.80 bits per heavy atom. The number of alkyl carbamates (subject to hydrolysis) is 1. The molecule has 4 N–H and O–H groups in total. The monoisotopic (exact) mass is 691 g/mol. The fraction of sp³-hybridized carbons (Fsp3) is 0.359. The van der Waals surface area contributed by atoms with Gasteiger partial charge in [-0.15, -0.1) is 0 Å². The summed E-state index contributed by atoms with van der Waals surface area (Å²) >= 11 is 0. The number of hydrogen-bond donors (Lipinski definition) is 4. The van der Waals surface area contributed by atoms with Crippen molar-refractivity contribution in [3.8, 4) is 0 Å². The third kappa shape index (κ3) is 9.40. The van der Waals surface area contributed by atoms with E-state index in [1.165, 1.54) is 5.57 Å². The number of aromatic nitrogens is 2. The predicted molar refractivity (Wildman–Crippen MR) is 199 cm³/mol. The number of benzene rings is 2. The maximum atomic E-state index is 14.2. The van der Waals surface area contributed by atoms with Gasteiger partial charge in [0.1, 0.15) is 12.2 Å². The van der Waals surface area contributed by atoms with E-state index in [9.17, 15) is 14.4 Å². The van der Waals surface area contributed by atoms with Crippen LogP contribution in [0.3, 0.4) is 0 Å². The first-order valence-corrected chi connectivity index (χ1v) is 17.3. The molecule has 2 aliphatic rings. The Balaban J connectivity index is 1.27. The number of piperidine rings is 1. The van der Waals surface area contributed by atoms with Crippen LogP contribution in [0.25, 0.3) is 16.5 Å². The van der Waals surface area contributed by atoms with Gasteiger partial charge in [0.15, 0.2) is 5.69 Å². The smallest absolute Gasteiger partial charge is 0.412 e. The van der Waals surface area contributed by atoms with Crippen LogP contribution in [0.2, 0.25) is 0 Å². The topological polar surface area (TPSA) is 147 Å². The van der Waals surface area contributed by atoms with Crippen LogP contribution in [-0.4, -0.2) is 65.9 Å². The molecule has 1 fully saturated rings. The van der Waals surface area contributed by atoms with Gasteiger partial charge in [-0.1, -0.05) is 55.5 Å². The van der Waals surface area contributed by atoms with E-state index in [-0.39, 0.29) is 29.9 Å². The summed E-state index contributed by atoms with van der Waals surface area (Å²) < 4.78 is 11.0. The summed E-state index contributed by atoms with van der Waals surface area (Å²) in [4.78, 5) is 51.0. The molecule has 2 atom stereocenters. The number of fused-ring (bicyclic) bond motifs is 1. The lowest BCUT2D eigenvalue weighted by atomic mass is 9.95. The number of carbonyl (C=O) groups is 3. The van der Waals surface area contributed by atoms with Crippen molar-refractivity contribution >= 4 is 51.6 Å². The number of amides is 3. The van der Waals surface area contributed by atoms with Gasteiger partial charge >= 0.3 is 12.2 Å². The van der Waals surface area contributed by atoms with Crippen molar-refractivity contribution in [2.75, 3.05) is 41.7 Å². The SMILES string of the molecule is CC1CC(NC(=O)OC(C)(C)C)CN(c2ccncc2NC(=O)c2nc3cc(C4=CCNCC4)ccc3cc2NC(=O)OCc2ccccc2)C1. The van der Waals surface area contributed by atoms with E-state index >= 15 is 0 Å². The Hall–Kier alpha value is -5.49. The quantitative estimate of drug-likeness (QED) is 0.158. The number of ether oxygens (including phenoxy) is 2. The number of carbonyl (C=O) groups excluding carboxylic acids is 3. The summed E-state index contributed by atoms with van der Waals surface area (Å²) in [6, 6.07) is 18.7. The van der Waals surface area contributed by atoms with E-state index < -0.39 is 23.7 Å². The Morgan fingerprint density at radius 1 is 0.980 bits per heavy atom. The zero-order valence-electron chi connectivity index (χ0n) is 29.5.